The van der Waals surface area contributed by atoms with Gasteiger partial charge in [-0.05, 0) is 39.2 Å². The number of amides is 4. The maximum Gasteiger partial charge on any atom is 0.315 e. The summed E-state index contributed by atoms with van der Waals surface area (Å²) in [6.45, 7) is 4.42. The van der Waals surface area contributed by atoms with Crippen molar-refractivity contribution >= 4 is 35.1 Å². The number of nitrogens with two attached hydrogens (primary N) is 1. The molecule has 3 heterocycles. The summed E-state index contributed by atoms with van der Waals surface area (Å²) >= 11 is 0. The van der Waals surface area contributed by atoms with E-state index in [9.17, 15) is 29.1 Å². The van der Waals surface area contributed by atoms with Gasteiger partial charge in [-0.15, -0.1) is 5.10 Å². The number of ketones is 1. The summed E-state index contributed by atoms with van der Waals surface area (Å²) in [5.41, 5.74) is 4.13. The molecule has 2 aliphatic rings. The minimum atomic E-state index is -1.32. The minimum absolute atomic E-state index is 0.0228. The van der Waals surface area contributed by atoms with Crippen LogP contribution >= 0.6 is 0 Å². The van der Waals surface area contributed by atoms with E-state index in [1.807, 2.05) is 0 Å². The Bertz CT molecular complexity index is 1390. The molecular formula is C28H37N9O6. The number of rotatable bonds is 10. The molecule has 1 saturated heterocycles. The van der Waals surface area contributed by atoms with Crippen LogP contribution in [0.1, 0.15) is 88.1 Å². The number of aromatic nitrogens is 5. The highest BCUT2D eigenvalue weighted by Crippen LogP contribution is 2.33. The Morgan fingerprint density at radius 2 is 1.81 bits per heavy atom. The molecule has 15 heteroatoms. The van der Waals surface area contributed by atoms with Crippen LogP contribution in [0.15, 0.2) is 29.6 Å². The Hall–Kier alpha value is -4.40. The number of Topliss-reactive ketones (excluding diaryl/α,β-unsaturated/α-hetero) is 1. The van der Waals surface area contributed by atoms with Gasteiger partial charge in [-0.1, -0.05) is 37.3 Å². The first-order valence-electron chi connectivity index (χ1n) is 14.3. The van der Waals surface area contributed by atoms with E-state index in [4.69, 9.17) is 5.73 Å². The highest BCUT2D eigenvalue weighted by molar-refractivity contribution is 6.41. The second-order valence-electron chi connectivity index (χ2n) is 11.6. The minimum Gasteiger partial charge on any atom is -0.384 e. The lowest BCUT2D eigenvalue weighted by atomic mass is 9.85. The predicted octanol–water partition coefficient (Wildman–Crippen LogP) is 0.248. The van der Waals surface area contributed by atoms with E-state index >= 15 is 0 Å². The molecule has 0 bridgehead atoms. The van der Waals surface area contributed by atoms with E-state index in [0.29, 0.717) is 5.69 Å². The zero-order valence-corrected chi connectivity index (χ0v) is 24.5. The van der Waals surface area contributed by atoms with Crippen molar-refractivity contribution in [1.29, 1.82) is 0 Å². The molecule has 2 fully saturated rings. The average Bonchev–Trinajstić information content (AvgIpc) is 3.65. The van der Waals surface area contributed by atoms with Gasteiger partial charge in [0.05, 0.1) is 24.0 Å². The summed E-state index contributed by atoms with van der Waals surface area (Å²) in [5.74, 6) is -4.34. The van der Waals surface area contributed by atoms with Crippen molar-refractivity contribution in [2.75, 3.05) is 6.54 Å². The lowest BCUT2D eigenvalue weighted by molar-refractivity contribution is -0.139. The van der Waals surface area contributed by atoms with Crippen LogP contribution in [0.3, 0.4) is 0 Å². The van der Waals surface area contributed by atoms with Crippen LogP contribution in [0.2, 0.25) is 0 Å². The maximum absolute atomic E-state index is 14.2. The van der Waals surface area contributed by atoms with Gasteiger partial charge in [-0.2, -0.15) is 0 Å². The first-order valence-corrected chi connectivity index (χ1v) is 14.3. The van der Waals surface area contributed by atoms with Crippen molar-refractivity contribution in [1.82, 2.24) is 35.2 Å². The number of carbonyl (C=O) groups is 5. The number of aliphatic imine (C=N–C) groups is 1. The van der Waals surface area contributed by atoms with Gasteiger partial charge in [-0.3, -0.25) is 24.0 Å². The van der Waals surface area contributed by atoms with E-state index < -0.39 is 53.1 Å². The number of carbonyl (C=O) groups excluding carboxylic acids is 5. The number of nitrogens with one attached hydrogen (secondary N) is 1. The third kappa shape index (κ3) is 7.52. The maximum atomic E-state index is 14.2. The van der Waals surface area contributed by atoms with Crippen molar-refractivity contribution in [2.45, 2.75) is 89.4 Å². The Kier molecular flexibility index (Phi) is 9.73. The molecule has 1 aliphatic carbocycles. The lowest BCUT2D eigenvalue weighted by Gasteiger charge is -2.27. The van der Waals surface area contributed by atoms with E-state index in [2.05, 4.69) is 30.6 Å². The largest absolute Gasteiger partial charge is 0.384 e. The molecule has 43 heavy (non-hydrogen) atoms. The predicted molar refractivity (Wildman–Crippen MR) is 151 cm³/mol. The van der Waals surface area contributed by atoms with Crippen LogP contribution in [0.25, 0.3) is 0 Å². The van der Waals surface area contributed by atoms with E-state index in [1.165, 1.54) is 35.1 Å². The molecule has 2 aromatic heterocycles. The van der Waals surface area contributed by atoms with Gasteiger partial charge >= 0.3 is 5.91 Å². The Balaban J connectivity index is 1.69. The van der Waals surface area contributed by atoms with Gasteiger partial charge in [0.1, 0.15) is 17.4 Å². The monoisotopic (exact) mass is 595 g/mol. The second kappa shape index (κ2) is 13.3. The molecular weight excluding hydrogens is 558 g/mol. The highest BCUT2D eigenvalue weighted by atomic mass is 16.3. The summed E-state index contributed by atoms with van der Waals surface area (Å²) < 4.78 is 1.46. The van der Waals surface area contributed by atoms with Crippen LogP contribution in [0.4, 0.5) is 0 Å². The summed E-state index contributed by atoms with van der Waals surface area (Å²) in [6.07, 6.45) is 9.30. The number of hydrogen-bond donors (Lipinski definition) is 3. The molecule has 4 rings (SSSR count). The summed E-state index contributed by atoms with van der Waals surface area (Å²) in [6, 6.07) is -1.39. The first kappa shape index (κ1) is 31.5. The number of nitrogens with zero attached hydrogens (tertiary/aromatic N) is 7. The van der Waals surface area contributed by atoms with Gasteiger partial charge in [0, 0.05) is 25.4 Å². The van der Waals surface area contributed by atoms with Gasteiger partial charge < -0.3 is 21.1 Å². The van der Waals surface area contributed by atoms with Crippen molar-refractivity contribution in [3.8, 4) is 0 Å². The molecule has 15 nitrogen and oxygen atoms in total. The summed E-state index contributed by atoms with van der Waals surface area (Å²) in [5, 5.41) is 21.2. The fraction of sp³-hybridized carbons (Fsp3) is 0.571. The van der Waals surface area contributed by atoms with E-state index in [-0.39, 0.29) is 36.8 Å². The number of primary amides is 1. The smallest absolute Gasteiger partial charge is 0.315 e. The van der Waals surface area contributed by atoms with Crippen molar-refractivity contribution < 1.29 is 29.1 Å². The molecule has 0 radical (unpaired) electrons. The Morgan fingerprint density at radius 3 is 2.44 bits per heavy atom. The highest BCUT2D eigenvalue weighted by Gasteiger charge is 2.44. The molecule has 1 unspecified atom stereocenters. The fourth-order valence-corrected chi connectivity index (χ4v) is 5.60. The SMILES string of the molecule is CC(NC(=O)[C@@H]1C[C@H](n2nncc2C(C)(C)O)CN1C(=O)C(CC1CCCCC1)=NC(=O)c1ncccn1)C(=O)C(N)=O. The molecule has 1 aliphatic heterocycles. The topological polar surface area (TPSA) is 216 Å². The number of hydrogen-bond acceptors (Lipinski definition) is 10. The van der Waals surface area contributed by atoms with Gasteiger partial charge in [-0.25, -0.2) is 19.6 Å². The molecule has 0 spiro atoms. The molecule has 4 amide bonds. The third-order valence-electron chi connectivity index (χ3n) is 7.83. The number of aliphatic hydroxyl groups is 1. The average molecular weight is 596 g/mol. The zero-order chi connectivity index (χ0) is 31.3. The lowest BCUT2D eigenvalue weighted by Crippen LogP contribution is -2.52. The van der Waals surface area contributed by atoms with E-state index in [0.717, 1.165) is 32.1 Å². The standard InChI is InChI=1S/C28H37N9O6/c1-16(22(38)23(29)39)33-25(40)20-13-18(37-21(14-32-35-37)28(2,3)43)15-36(20)27(42)19(12-17-8-5-4-6-9-17)34-26(41)24-30-10-7-11-31-24/h7,10-11,14,16-18,20,43H,4-6,8-9,12-13,15H2,1-3H3,(H2,29,39)(H,33,40)/t16?,18-,20-/m0/s1. The summed E-state index contributed by atoms with van der Waals surface area (Å²) in [7, 11) is 0. The summed E-state index contributed by atoms with van der Waals surface area (Å²) in [4.78, 5) is 77.7. The van der Waals surface area contributed by atoms with Crippen LogP contribution in [-0.4, -0.2) is 88.7 Å². The second-order valence-corrected chi connectivity index (χ2v) is 11.6. The fourth-order valence-electron chi connectivity index (χ4n) is 5.60. The van der Waals surface area contributed by atoms with E-state index in [1.54, 1.807) is 19.9 Å². The first-order chi connectivity index (χ1) is 20.4. The van der Waals surface area contributed by atoms with Gasteiger partial charge in [0.2, 0.25) is 17.5 Å². The molecule has 2 aromatic rings. The van der Waals surface area contributed by atoms with Crippen LogP contribution in [0.5, 0.6) is 0 Å². The molecule has 230 valence electrons. The molecule has 3 atom stereocenters. The normalized spacial score (nSPS) is 20.5. The zero-order valence-electron chi connectivity index (χ0n) is 24.5. The van der Waals surface area contributed by atoms with Crippen molar-refractivity contribution in [3.63, 3.8) is 0 Å². The van der Waals surface area contributed by atoms with Crippen molar-refractivity contribution in [3.05, 3.63) is 36.2 Å². The van der Waals surface area contributed by atoms with Gasteiger partial charge in [0.15, 0.2) is 0 Å². The molecule has 1 saturated carbocycles. The quantitative estimate of drug-likeness (QED) is 0.251. The van der Waals surface area contributed by atoms with Crippen LogP contribution < -0.4 is 11.1 Å². The number of likely N-dealkylation sites (tertiary alicyclic amines) is 1. The Morgan fingerprint density at radius 1 is 1.14 bits per heavy atom. The molecule has 0 aromatic carbocycles. The van der Waals surface area contributed by atoms with Crippen molar-refractivity contribution in [2.24, 2.45) is 16.6 Å². The van der Waals surface area contributed by atoms with Gasteiger partial charge in [0.25, 0.3) is 11.8 Å². The molecule has 4 N–H and O–H groups in total. The third-order valence-corrected chi connectivity index (χ3v) is 7.83. The van der Waals surface area contributed by atoms with Crippen LogP contribution in [-0.2, 0) is 24.8 Å². The van der Waals surface area contributed by atoms with Crippen LogP contribution in [0, 0.1) is 5.92 Å². The Labute approximate surface area is 248 Å².